The second kappa shape index (κ2) is 12.9. The zero-order valence-corrected chi connectivity index (χ0v) is 18.0. The molecule has 0 saturated heterocycles. The molecule has 1 aromatic rings. The van der Waals surface area contributed by atoms with Crippen molar-refractivity contribution in [3.63, 3.8) is 0 Å². The number of unbranched alkanes of at least 4 members (excludes halogenated alkanes) is 1. The Kier molecular flexibility index (Phi) is 10.5. The minimum absolute atomic E-state index is 0.00565. The van der Waals surface area contributed by atoms with Crippen molar-refractivity contribution in [2.24, 2.45) is 17.8 Å². The molecule has 29 heavy (non-hydrogen) atoms. The number of rotatable bonds is 6. The zero-order valence-electron chi connectivity index (χ0n) is 17.3. The van der Waals surface area contributed by atoms with Crippen LogP contribution in [0.4, 0.5) is 9.18 Å². The highest BCUT2D eigenvalue weighted by molar-refractivity contribution is 6.30. The van der Waals surface area contributed by atoms with Crippen LogP contribution in [-0.4, -0.2) is 11.3 Å². The fraction of sp³-hybridized carbons (Fsp3) is 0.625. The molecule has 0 heterocycles. The van der Waals surface area contributed by atoms with Crippen molar-refractivity contribution in [2.45, 2.75) is 77.0 Å². The third-order valence-corrected chi connectivity index (χ3v) is 6.61. The summed E-state index contributed by atoms with van der Waals surface area (Å²) in [6.07, 6.45) is 18.5. The Balaban J connectivity index is 0.000000221. The number of ether oxygens (including phenoxy) is 1. The van der Waals surface area contributed by atoms with Gasteiger partial charge in [0.15, 0.2) is 0 Å². The normalized spacial score (nSPS) is 22.3. The standard InChI is InChI=1S/C17H30.C7H4ClFO3/c1-2-3-5-8-15-11-13-17(14-12-15)16-9-6-4-7-10-16;8-5-3-4(12-7(10)11)1-2-6(5)9/h2,15-17H,1,3-14H2;1-3H,(H,10,11). The molecule has 3 nitrogen and oxygen atoms in total. The minimum atomic E-state index is -1.46. The van der Waals surface area contributed by atoms with Gasteiger partial charge < -0.3 is 9.84 Å². The molecule has 0 aliphatic heterocycles. The quantitative estimate of drug-likeness (QED) is 0.216. The lowest BCUT2D eigenvalue weighted by Crippen LogP contribution is -2.23. The molecule has 2 fully saturated rings. The third-order valence-electron chi connectivity index (χ3n) is 6.32. The van der Waals surface area contributed by atoms with Gasteiger partial charge in [0.1, 0.15) is 11.6 Å². The van der Waals surface area contributed by atoms with Crippen LogP contribution in [-0.2, 0) is 0 Å². The Morgan fingerprint density at radius 3 is 2.38 bits per heavy atom. The van der Waals surface area contributed by atoms with E-state index in [0.717, 1.165) is 29.9 Å². The molecular weight excluding hydrogens is 391 g/mol. The van der Waals surface area contributed by atoms with Gasteiger partial charge in [0, 0.05) is 6.07 Å². The van der Waals surface area contributed by atoms with E-state index in [1.165, 1.54) is 57.4 Å². The molecule has 3 rings (SSSR count). The van der Waals surface area contributed by atoms with Gasteiger partial charge in [-0.2, -0.15) is 0 Å². The Bertz CT molecular complexity index is 635. The maximum Gasteiger partial charge on any atom is 0.511 e. The second-order valence-electron chi connectivity index (χ2n) is 8.34. The Morgan fingerprint density at radius 2 is 1.79 bits per heavy atom. The average Bonchev–Trinajstić information content (AvgIpc) is 2.72. The summed E-state index contributed by atoms with van der Waals surface area (Å²) in [7, 11) is 0. The molecule has 0 atom stereocenters. The number of carboxylic acid groups (broad SMARTS) is 1. The number of carbonyl (C=O) groups is 1. The van der Waals surface area contributed by atoms with E-state index in [2.05, 4.69) is 17.4 Å². The van der Waals surface area contributed by atoms with Crippen LogP contribution in [0.3, 0.4) is 0 Å². The topological polar surface area (TPSA) is 46.5 Å². The maximum absolute atomic E-state index is 12.5. The Morgan fingerprint density at radius 1 is 1.14 bits per heavy atom. The monoisotopic (exact) mass is 424 g/mol. The number of halogens is 2. The molecule has 5 heteroatoms. The highest BCUT2D eigenvalue weighted by atomic mass is 35.5. The number of hydrogen-bond acceptors (Lipinski definition) is 2. The summed E-state index contributed by atoms with van der Waals surface area (Å²) < 4.78 is 16.7. The van der Waals surface area contributed by atoms with Gasteiger partial charge in [-0.25, -0.2) is 9.18 Å². The smallest absolute Gasteiger partial charge is 0.449 e. The summed E-state index contributed by atoms with van der Waals surface area (Å²) >= 11 is 5.35. The van der Waals surface area contributed by atoms with Crippen molar-refractivity contribution in [1.82, 2.24) is 0 Å². The SMILES string of the molecule is C=CCCCC1CCC(C2CCCCC2)CC1.O=C(O)Oc1ccc(F)c(Cl)c1. The van der Waals surface area contributed by atoms with Crippen LogP contribution < -0.4 is 4.74 Å². The van der Waals surface area contributed by atoms with Gasteiger partial charge >= 0.3 is 6.16 Å². The highest BCUT2D eigenvalue weighted by Gasteiger charge is 2.28. The van der Waals surface area contributed by atoms with Gasteiger partial charge in [-0.05, 0) is 55.6 Å². The van der Waals surface area contributed by atoms with Crippen LogP contribution in [0.15, 0.2) is 30.9 Å². The van der Waals surface area contributed by atoms with E-state index in [9.17, 15) is 9.18 Å². The van der Waals surface area contributed by atoms with Crippen LogP contribution in [0.5, 0.6) is 5.75 Å². The summed E-state index contributed by atoms with van der Waals surface area (Å²) in [6.45, 7) is 3.82. The first-order valence-corrected chi connectivity index (χ1v) is 11.3. The van der Waals surface area contributed by atoms with Gasteiger partial charge in [-0.3, -0.25) is 0 Å². The molecule has 0 spiro atoms. The predicted octanol–water partition coefficient (Wildman–Crippen LogP) is 8.27. The van der Waals surface area contributed by atoms with Gasteiger partial charge in [-0.1, -0.05) is 69.0 Å². The lowest BCUT2D eigenvalue weighted by atomic mass is 9.70. The fourth-order valence-electron chi connectivity index (χ4n) is 4.75. The molecule has 1 N–H and O–H groups in total. The summed E-state index contributed by atoms with van der Waals surface area (Å²) in [5.74, 6) is 2.64. The molecule has 0 bridgehead atoms. The van der Waals surface area contributed by atoms with E-state index >= 15 is 0 Å². The van der Waals surface area contributed by atoms with Crippen LogP contribution in [0, 0.1) is 23.6 Å². The van der Waals surface area contributed by atoms with Crippen molar-refractivity contribution >= 4 is 17.8 Å². The first kappa shape index (κ1) is 23.7. The summed E-state index contributed by atoms with van der Waals surface area (Å²) in [5.41, 5.74) is 0. The number of allylic oxidation sites excluding steroid dienone is 1. The molecule has 2 saturated carbocycles. The number of benzene rings is 1. The van der Waals surface area contributed by atoms with E-state index in [0.29, 0.717) is 0 Å². The summed E-state index contributed by atoms with van der Waals surface area (Å²) in [5, 5.41) is 8.00. The molecular formula is C24H34ClFO3. The first-order valence-electron chi connectivity index (χ1n) is 11.0. The van der Waals surface area contributed by atoms with E-state index in [1.807, 2.05) is 0 Å². The maximum atomic E-state index is 12.5. The molecule has 1 aromatic carbocycles. The molecule has 2 aliphatic carbocycles. The van der Waals surface area contributed by atoms with E-state index in [-0.39, 0.29) is 10.8 Å². The molecule has 2 aliphatic rings. The Labute approximate surface area is 179 Å². The minimum Gasteiger partial charge on any atom is -0.449 e. The van der Waals surface area contributed by atoms with Gasteiger partial charge in [-0.15, -0.1) is 6.58 Å². The highest BCUT2D eigenvalue weighted by Crippen LogP contribution is 2.40. The first-order chi connectivity index (χ1) is 14.0. The van der Waals surface area contributed by atoms with Crippen molar-refractivity contribution in [1.29, 1.82) is 0 Å². The van der Waals surface area contributed by atoms with Gasteiger partial charge in [0.2, 0.25) is 0 Å². The van der Waals surface area contributed by atoms with Crippen molar-refractivity contribution in [3.8, 4) is 5.75 Å². The molecule has 0 amide bonds. The lowest BCUT2D eigenvalue weighted by molar-refractivity contribution is 0.144. The summed E-state index contributed by atoms with van der Waals surface area (Å²) in [6, 6.07) is 3.29. The van der Waals surface area contributed by atoms with Crippen molar-refractivity contribution in [3.05, 3.63) is 41.7 Å². The third kappa shape index (κ3) is 8.77. The summed E-state index contributed by atoms with van der Waals surface area (Å²) in [4.78, 5) is 10.0. The second-order valence-corrected chi connectivity index (χ2v) is 8.75. The molecule has 0 radical (unpaired) electrons. The van der Waals surface area contributed by atoms with Crippen LogP contribution >= 0.6 is 11.6 Å². The van der Waals surface area contributed by atoms with Crippen LogP contribution in [0.1, 0.15) is 77.0 Å². The van der Waals surface area contributed by atoms with Crippen LogP contribution in [0.25, 0.3) is 0 Å². The largest absolute Gasteiger partial charge is 0.511 e. The van der Waals surface area contributed by atoms with E-state index in [4.69, 9.17) is 16.7 Å². The fourth-order valence-corrected chi connectivity index (χ4v) is 4.92. The molecule has 0 aromatic heterocycles. The average molecular weight is 425 g/mol. The lowest BCUT2D eigenvalue weighted by Gasteiger charge is -2.35. The van der Waals surface area contributed by atoms with Crippen molar-refractivity contribution in [2.75, 3.05) is 0 Å². The van der Waals surface area contributed by atoms with Crippen molar-refractivity contribution < 1.29 is 19.0 Å². The van der Waals surface area contributed by atoms with Gasteiger partial charge in [0.25, 0.3) is 0 Å². The zero-order chi connectivity index (χ0) is 21.1. The van der Waals surface area contributed by atoms with E-state index in [1.54, 1.807) is 25.7 Å². The predicted molar refractivity (Wildman–Crippen MR) is 116 cm³/mol. The Hall–Kier alpha value is -1.55. The molecule has 162 valence electrons. The molecule has 0 unspecified atom stereocenters. The van der Waals surface area contributed by atoms with Gasteiger partial charge in [0.05, 0.1) is 5.02 Å². The van der Waals surface area contributed by atoms with Crippen LogP contribution in [0.2, 0.25) is 5.02 Å². The van der Waals surface area contributed by atoms with E-state index < -0.39 is 12.0 Å². The number of hydrogen-bond donors (Lipinski definition) is 1.